The molecule has 8 amide bonds. The lowest BCUT2D eigenvalue weighted by molar-refractivity contribution is -0.140. The summed E-state index contributed by atoms with van der Waals surface area (Å²) in [5.74, 6) is -2.23. The molecule has 1 rings (SSSR count). The van der Waals surface area contributed by atoms with E-state index in [9.17, 15) is 38.4 Å². The Labute approximate surface area is 451 Å². The first-order valence-corrected chi connectivity index (χ1v) is 29.0. The Morgan fingerprint density at radius 1 is 0.600 bits per heavy atom. The number of imide groups is 1. The number of allylic oxidation sites excluding steroid dienone is 2. The van der Waals surface area contributed by atoms with Crippen LogP contribution >= 0.6 is 0 Å². The van der Waals surface area contributed by atoms with Gasteiger partial charge in [0.1, 0.15) is 6.04 Å². The van der Waals surface area contributed by atoms with Crippen LogP contribution in [-0.2, 0) is 52.6 Å². The number of amides is 8. The lowest BCUT2D eigenvalue weighted by atomic mass is 9.84. The van der Waals surface area contributed by atoms with Gasteiger partial charge in [-0.25, -0.2) is 0 Å². The average molecular weight is 1060 g/mol. The van der Waals surface area contributed by atoms with Gasteiger partial charge in [0.2, 0.25) is 47.3 Å². The van der Waals surface area contributed by atoms with Crippen LogP contribution in [0.3, 0.4) is 0 Å². The highest BCUT2D eigenvalue weighted by Gasteiger charge is 2.37. The maximum absolute atomic E-state index is 13.3. The quantitative estimate of drug-likeness (QED) is 0.0204. The van der Waals surface area contributed by atoms with Gasteiger partial charge in [-0.3, -0.25) is 43.3 Å². The molecule has 1 aliphatic rings. The standard InChI is InChI=1S/C57H103N7O11/c1-7-10-12-13-14-15-16-17-18-19-20-21-22-25-49(65)62-44-46(4)45-75-42-35-59-50(66)27-26-48(55(71)61-36-41-73-38-24-33-58-51(67)28-32-57(5,6)31-23-11-8-2)63-53(69)30-39-74-40-34-60-52(68)29-37-64-54(70)43-47(9-3)56(64)72/h11,23,46-48H,7-10,12-22,24-45H2,1-6H3,(H,58,67)(H,59,66)(H,60,68)(H,61,71)(H,62,65)(H,63,69)/b23-11-/t46?,47?,48-/m0/s1. The molecule has 432 valence electrons. The third-order valence-electron chi connectivity index (χ3n) is 13.3. The van der Waals surface area contributed by atoms with E-state index in [0.29, 0.717) is 52.0 Å². The predicted molar refractivity (Wildman–Crippen MR) is 294 cm³/mol. The second-order valence-electron chi connectivity index (χ2n) is 21.0. The number of hydrogen-bond donors (Lipinski definition) is 6. The van der Waals surface area contributed by atoms with Gasteiger partial charge in [-0.15, -0.1) is 0 Å². The van der Waals surface area contributed by atoms with Crippen LogP contribution in [0.2, 0.25) is 0 Å². The van der Waals surface area contributed by atoms with Crippen molar-refractivity contribution in [3.05, 3.63) is 12.2 Å². The number of hydrogen-bond acceptors (Lipinski definition) is 11. The number of carbonyl (C=O) groups excluding carboxylic acids is 8. The largest absolute Gasteiger partial charge is 0.380 e. The predicted octanol–water partition coefficient (Wildman–Crippen LogP) is 7.12. The zero-order valence-corrected chi connectivity index (χ0v) is 47.5. The van der Waals surface area contributed by atoms with Crippen LogP contribution < -0.4 is 31.9 Å². The highest BCUT2D eigenvalue weighted by molar-refractivity contribution is 6.03. The molecule has 0 aromatic heterocycles. The summed E-state index contributed by atoms with van der Waals surface area (Å²) >= 11 is 0. The van der Waals surface area contributed by atoms with Crippen molar-refractivity contribution < 1.29 is 52.6 Å². The Morgan fingerprint density at radius 2 is 1.16 bits per heavy atom. The van der Waals surface area contributed by atoms with E-state index in [0.717, 1.165) is 37.0 Å². The van der Waals surface area contributed by atoms with Crippen molar-refractivity contribution in [1.29, 1.82) is 0 Å². The molecule has 0 aromatic rings. The van der Waals surface area contributed by atoms with Crippen LogP contribution in [0.25, 0.3) is 0 Å². The molecular formula is C57H103N7O11. The molecule has 1 saturated heterocycles. The second kappa shape index (κ2) is 44.7. The lowest BCUT2D eigenvalue weighted by Gasteiger charge is -2.22. The van der Waals surface area contributed by atoms with Crippen molar-refractivity contribution in [2.45, 2.75) is 208 Å². The van der Waals surface area contributed by atoms with Gasteiger partial charge in [0.25, 0.3) is 0 Å². The van der Waals surface area contributed by atoms with Crippen molar-refractivity contribution in [2.75, 3.05) is 78.9 Å². The summed E-state index contributed by atoms with van der Waals surface area (Å²) in [5, 5.41) is 16.9. The molecule has 0 saturated carbocycles. The molecule has 0 bridgehead atoms. The van der Waals surface area contributed by atoms with Gasteiger partial charge in [0, 0.05) is 90.3 Å². The molecule has 1 fully saturated rings. The van der Waals surface area contributed by atoms with Gasteiger partial charge in [-0.05, 0) is 56.3 Å². The van der Waals surface area contributed by atoms with Crippen LogP contribution in [0.4, 0.5) is 0 Å². The van der Waals surface area contributed by atoms with Gasteiger partial charge < -0.3 is 46.1 Å². The van der Waals surface area contributed by atoms with Crippen LogP contribution in [0.15, 0.2) is 12.2 Å². The molecule has 0 radical (unpaired) electrons. The topological polar surface area (TPSA) is 240 Å². The van der Waals surface area contributed by atoms with Crippen molar-refractivity contribution in [3.8, 4) is 0 Å². The monoisotopic (exact) mass is 1060 g/mol. The molecular weight excluding hydrogens is 959 g/mol. The summed E-state index contributed by atoms with van der Waals surface area (Å²) in [6, 6.07) is -1.01. The van der Waals surface area contributed by atoms with E-state index in [1.165, 1.54) is 70.6 Å². The molecule has 75 heavy (non-hydrogen) atoms. The van der Waals surface area contributed by atoms with Crippen LogP contribution in [-0.4, -0.2) is 137 Å². The third-order valence-corrected chi connectivity index (χ3v) is 13.3. The van der Waals surface area contributed by atoms with E-state index in [2.05, 4.69) is 71.7 Å². The third kappa shape index (κ3) is 37.9. The SMILES string of the molecule is CC/C=C\CC(C)(C)CCC(=O)NCCCOCCNC(=O)[C@H](CCC(=O)NCCOCC(C)CNC(=O)CCCCCCCCCCCCCCC)NC(=O)CCOCCNC(=O)CCN1C(=O)CC(CC)C1=O. The molecule has 3 atom stereocenters. The van der Waals surface area contributed by atoms with Crippen molar-refractivity contribution in [1.82, 2.24) is 36.8 Å². The molecule has 0 aromatic carbocycles. The maximum atomic E-state index is 13.3. The first-order valence-electron chi connectivity index (χ1n) is 29.0. The van der Waals surface area contributed by atoms with Gasteiger partial charge in [0.05, 0.1) is 33.0 Å². The van der Waals surface area contributed by atoms with Crippen LogP contribution in [0.1, 0.15) is 202 Å². The van der Waals surface area contributed by atoms with E-state index in [1.54, 1.807) is 0 Å². The maximum Gasteiger partial charge on any atom is 0.242 e. The molecule has 6 N–H and O–H groups in total. The first-order chi connectivity index (χ1) is 36.1. The number of rotatable bonds is 49. The van der Waals surface area contributed by atoms with E-state index in [-0.39, 0.29) is 137 Å². The Bertz CT molecular complexity index is 1640. The molecule has 0 spiro atoms. The molecule has 2 unspecified atom stereocenters. The van der Waals surface area contributed by atoms with Crippen molar-refractivity contribution >= 4 is 47.3 Å². The molecule has 18 nitrogen and oxygen atoms in total. The van der Waals surface area contributed by atoms with E-state index in [1.807, 2.05) is 13.8 Å². The minimum Gasteiger partial charge on any atom is -0.380 e. The zero-order valence-electron chi connectivity index (χ0n) is 47.5. The summed E-state index contributed by atoms with van der Waals surface area (Å²) in [6.45, 7) is 15.5. The number of nitrogens with one attached hydrogen (secondary N) is 6. The Hall–Kier alpha value is -4.42. The van der Waals surface area contributed by atoms with E-state index in [4.69, 9.17) is 14.2 Å². The fraction of sp³-hybridized carbons (Fsp3) is 0.825. The smallest absolute Gasteiger partial charge is 0.242 e. The van der Waals surface area contributed by atoms with Crippen molar-refractivity contribution in [3.63, 3.8) is 0 Å². The van der Waals surface area contributed by atoms with Crippen LogP contribution in [0, 0.1) is 17.3 Å². The number of nitrogens with zero attached hydrogens (tertiary/aromatic N) is 1. The summed E-state index contributed by atoms with van der Waals surface area (Å²) < 4.78 is 16.9. The minimum absolute atomic E-state index is 0.00712. The Kier molecular flexibility index (Phi) is 40.9. The highest BCUT2D eigenvalue weighted by atomic mass is 16.5. The lowest BCUT2D eigenvalue weighted by Crippen LogP contribution is -2.48. The fourth-order valence-corrected chi connectivity index (χ4v) is 8.41. The summed E-state index contributed by atoms with van der Waals surface area (Å²) in [4.78, 5) is 102. The second-order valence-corrected chi connectivity index (χ2v) is 21.0. The van der Waals surface area contributed by atoms with Gasteiger partial charge >= 0.3 is 0 Å². The summed E-state index contributed by atoms with van der Waals surface area (Å²) in [6.07, 6.45) is 25.7. The summed E-state index contributed by atoms with van der Waals surface area (Å²) in [7, 11) is 0. The highest BCUT2D eigenvalue weighted by Crippen LogP contribution is 2.27. The Balaban J connectivity index is 2.41. The Morgan fingerprint density at radius 3 is 1.79 bits per heavy atom. The first kappa shape index (κ1) is 68.6. The van der Waals surface area contributed by atoms with E-state index >= 15 is 0 Å². The zero-order chi connectivity index (χ0) is 55.4. The van der Waals surface area contributed by atoms with Gasteiger partial charge in [-0.2, -0.15) is 0 Å². The van der Waals surface area contributed by atoms with Gasteiger partial charge in [0.15, 0.2) is 0 Å². The fourth-order valence-electron chi connectivity index (χ4n) is 8.41. The molecule has 1 heterocycles. The minimum atomic E-state index is -1.01. The number of unbranched alkanes of at least 4 members (excludes halogenated alkanes) is 12. The number of carbonyl (C=O) groups is 8. The molecule has 0 aliphatic carbocycles. The number of likely N-dealkylation sites (tertiary alicyclic amines) is 1. The van der Waals surface area contributed by atoms with E-state index < -0.39 is 17.9 Å². The average Bonchev–Trinajstić information content (AvgIpc) is 3.66. The normalized spacial score (nSPS) is 14.5. The van der Waals surface area contributed by atoms with Crippen molar-refractivity contribution in [2.24, 2.45) is 17.3 Å². The molecule has 1 aliphatic heterocycles. The van der Waals surface area contributed by atoms with Crippen LogP contribution in [0.5, 0.6) is 0 Å². The number of ether oxygens (including phenoxy) is 3. The van der Waals surface area contributed by atoms with Gasteiger partial charge in [-0.1, -0.05) is 131 Å². The summed E-state index contributed by atoms with van der Waals surface area (Å²) in [5.41, 5.74) is 0.0490. The molecule has 18 heteroatoms.